The van der Waals surface area contributed by atoms with Crippen LogP contribution in [0.5, 0.6) is 0 Å². The SMILES string of the molecule is CCOC(=O)[C@H]1C(=O)C=C(C)[C@H](C(=O)OCC)[C@@H]1CC. The Bertz CT molecular complexity index is 424. The van der Waals surface area contributed by atoms with Gasteiger partial charge in [0.25, 0.3) is 0 Å². The van der Waals surface area contributed by atoms with Crippen molar-refractivity contribution >= 4 is 17.7 Å². The first kappa shape index (κ1) is 16.4. The summed E-state index contributed by atoms with van der Waals surface area (Å²) in [6.07, 6.45) is 1.90. The van der Waals surface area contributed by atoms with Gasteiger partial charge < -0.3 is 9.47 Å². The maximum absolute atomic E-state index is 12.1. The molecule has 112 valence electrons. The molecule has 0 saturated heterocycles. The monoisotopic (exact) mass is 282 g/mol. The summed E-state index contributed by atoms with van der Waals surface area (Å²) in [5.74, 6) is -3.07. The Balaban J connectivity index is 3.12. The smallest absolute Gasteiger partial charge is 0.317 e. The molecule has 0 bridgehead atoms. The van der Waals surface area contributed by atoms with Crippen molar-refractivity contribution in [1.82, 2.24) is 0 Å². The van der Waals surface area contributed by atoms with E-state index in [1.807, 2.05) is 6.92 Å². The molecule has 0 radical (unpaired) electrons. The number of allylic oxidation sites excluding steroid dienone is 1. The predicted molar refractivity (Wildman–Crippen MR) is 72.8 cm³/mol. The summed E-state index contributed by atoms with van der Waals surface area (Å²) < 4.78 is 10.0. The molecule has 0 aromatic heterocycles. The number of ether oxygens (including phenoxy) is 2. The second-order valence-electron chi connectivity index (χ2n) is 4.82. The fourth-order valence-electron chi connectivity index (χ4n) is 2.73. The highest BCUT2D eigenvalue weighted by Crippen LogP contribution is 2.37. The van der Waals surface area contributed by atoms with Crippen LogP contribution >= 0.6 is 0 Å². The first-order chi connectivity index (χ1) is 9.47. The highest BCUT2D eigenvalue weighted by molar-refractivity contribution is 6.07. The lowest BCUT2D eigenvalue weighted by Crippen LogP contribution is -2.43. The fraction of sp³-hybridized carbons (Fsp3) is 0.667. The zero-order valence-electron chi connectivity index (χ0n) is 12.5. The zero-order valence-corrected chi connectivity index (χ0v) is 12.5. The van der Waals surface area contributed by atoms with E-state index in [4.69, 9.17) is 9.47 Å². The minimum atomic E-state index is -0.905. The molecule has 3 atom stereocenters. The van der Waals surface area contributed by atoms with E-state index in [0.717, 1.165) is 0 Å². The summed E-state index contributed by atoms with van der Waals surface area (Å²) >= 11 is 0. The highest BCUT2D eigenvalue weighted by Gasteiger charge is 2.45. The van der Waals surface area contributed by atoms with Gasteiger partial charge in [-0.3, -0.25) is 14.4 Å². The van der Waals surface area contributed by atoms with Crippen LogP contribution < -0.4 is 0 Å². The highest BCUT2D eigenvalue weighted by atomic mass is 16.5. The van der Waals surface area contributed by atoms with Crippen molar-refractivity contribution in [2.24, 2.45) is 17.8 Å². The fourth-order valence-corrected chi connectivity index (χ4v) is 2.73. The van der Waals surface area contributed by atoms with Crippen LogP contribution in [0.1, 0.15) is 34.1 Å². The van der Waals surface area contributed by atoms with Crippen LogP contribution in [-0.2, 0) is 23.9 Å². The molecular weight excluding hydrogens is 260 g/mol. The molecule has 1 rings (SSSR count). The molecule has 0 aliphatic heterocycles. The average Bonchev–Trinajstić information content (AvgIpc) is 2.37. The first-order valence-corrected chi connectivity index (χ1v) is 7.03. The first-order valence-electron chi connectivity index (χ1n) is 7.03. The van der Waals surface area contributed by atoms with E-state index < -0.39 is 23.7 Å². The molecule has 5 heteroatoms. The molecule has 0 heterocycles. The van der Waals surface area contributed by atoms with Crippen molar-refractivity contribution < 1.29 is 23.9 Å². The maximum atomic E-state index is 12.1. The number of carbonyl (C=O) groups excluding carboxylic acids is 3. The van der Waals surface area contributed by atoms with Gasteiger partial charge in [0.1, 0.15) is 5.92 Å². The molecule has 5 nitrogen and oxygen atoms in total. The Morgan fingerprint density at radius 2 is 1.55 bits per heavy atom. The van der Waals surface area contributed by atoms with Gasteiger partial charge in [-0.15, -0.1) is 0 Å². The largest absolute Gasteiger partial charge is 0.466 e. The van der Waals surface area contributed by atoms with E-state index in [0.29, 0.717) is 12.0 Å². The van der Waals surface area contributed by atoms with Crippen LogP contribution in [0, 0.1) is 17.8 Å². The average molecular weight is 282 g/mol. The van der Waals surface area contributed by atoms with E-state index >= 15 is 0 Å². The summed E-state index contributed by atoms with van der Waals surface area (Å²) in [6.45, 7) is 7.49. The molecule has 20 heavy (non-hydrogen) atoms. The quantitative estimate of drug-likeness (QED) is 0.569. The van der Waals surface area contributed by atoms with E-state index in [-0.39, 0.29) is 25.0 Å². The van der Waals surface area contributed by atoms with Crippen LogP contribution in [0.25, 0.3) is 0 Å². The molecule has 0 spiro atoms. The molecule has 1 aliphatic rings. The van der Waals surface area contributed by atoms with Crippen molar-refractivity contribution in [1.29, 1.82) is 0 Å². The number of ketones is 1. The second-order valence-corrected chi connectivity index (χ2v) is 4.82. The standard InChI is InChI=1S/C15H22O5/c1-5-10-12(14(17)19-6-2)9(4)8-11(16)13(10)15(18)20-7-3/h8,10,12-13H,5-7H2,1-4H3/t10-,12-,13+/m0/s1. The Kier molecular flexibility index (Phi) is 5.92. The third kappa shape index (κ3) is 3.26. The summed E-state index contributed by atoms with van der Waals surface area (Å²) in [7, 11) is 0. The van der Waals surface area contributed by atoms with E-state index in [2.05, 4.69) is 0 Å². The van der Waals surface area contributed by atoms with E-state index in [1.165, 1.54) is 6.08 Å². The molecule has 0 amide bonds. The van der Waals surface area contributed by atoms with Crippen molar-refractivity contribution in [3.05, 3.63) is 11.6 Å². The number of hydrogen-bond acceptors (Lipinski definition) is 5. The molecule has 0 fully saturated rings. The Labute approximate surface area is 119 Å². The van der Waals surface area contributed by atoms with Gasteiger partial charge in [0.05, 0.1) is 19.1 Å². The summed E-state index contributed by atoms with van der Waals surface area (Å²) in [5, 5.41) is 0. The van der Waals surface area contributed by atoms with Gasteiger partial charge in [0.15, 0.2) is 5.78 Å². The van der Waals surface area contributed by atoms with Crippen LogP contribution in [0.4, 0.5) is 0 Å². The number of rotatable bonds is 5. The van der Waals surface area contributed by atoms with Gasteiger partial charge in [-0.1, -0.05) is 18.9 Å². The van der Waals surface area contributed by atoms with E-state index in [1.54, 1.807) is 20.8 Å². The van der Waals surface area contributed by atoms with Crippen molar-refractivity contribution in [3.63, 3.8) is 0 Å². The normalized spacial score (nSPS) is 25.9. The van der Waals surface area contributed by atoms with Gasteiger partial charge in [-0.2, -0.15) is 0 Å². The van der Waals surface area contributed by atoms with Crippen LogP contribution in [0.15, 0.2) is 11.6 Å². The molecule has 0 unspecified atom stereocenters. The molecule has 0 aromatic carbocycles. The van der Waals surface area contributed by atoms with Crippen LogP contribution in [-0.4, -0.2) is 30.9 Å². The van der Waals surface area contributed by atoms with Gasteiger partial charge in [-0.05, 0) is 32.8 Å². The third-order valence-corrected chi connectivity index (χ3v) is 3.58. The molecule has 1 aliphatic carbocycles. The Morgan fingerprint density at radius 3 is 2.00 bits per heavy atom. The number of esters is 2. The molecule has 0 saturated carbocycles. The van der Waals surface area contributed by atoms with Crippen LogP contribution in [0.3, 0.4) is 0 Å². The van der Waals surface area contributed by atoms with Gasteiger partial charge in [0.2, 0.25) is 0 Å². The van der Waals surface area contributed by atoms with Gasteiger partial charge >= 0.3 is 11.9 Å². The topological polar surface area (TPSA) is 69.7 Å². The lowest BCUT2D eigenvalue weighted by atomic mass is 9.70. The van der Waals surface area contributed by atoms with E-state index in [9.17, 15) is 14.4 Å². The summed E-state index contributed by atoms with van der Waals surface area (Å²) in [5.41, 5.74) is 0.654. The third-order valence-electron chi connectivity index (χ3n) is 3.58. The van der Waals surface area contributed by atoms with Crippen molar-refractivity contribution in [2.45, 2.75) is 34.1 Å². The predicted octanol–water partition coefficient (Wildman–Crippen LogP) is 1.90. The van der Waals surface area contributed by atoms with Crippen molar-refractivity contribution in [3.8, 4) is 0 Å². The summed E-state index contributed by atoms with van der Waals surface area (Å²) in [6, 6.07) is 0. The minimum absolute atomic E-state index is 0.214. The Hall–Kier alpha value is -1.65. The van der Waals surface area contributed by atoms with Gasteiger partial charge in [-0.25, -0.2) is 0 Å². The zero-order chi connectivity index (χ0) is 15.3. The lowest BCUT2D eigenvalue weighted by molar-refractivity contribution is -0.157. The second kappa shape index (κ2) is 7.22. The number of carbonyl (C=O) groups is 3. The molecule has 0 N–H and O–H groups in total. The van der Waals surface area contributed by atoms with Crippen molar-refractivity contribution in [2.75, 3.05) is 13.2 Å². The minimum Gasteiger partial charge on any atom is -0.466 e. The van der Waals surface area contributed by atoms with Gasteiger partial charge in [0, 0.05) is 0 Å². The summed E-state index contributed by atoms with van der Waals surface area (Å²) in [4.78, 5) is 36.2. The molecule has 0 aromatic rings. The maximum Gasteiger partial charge on any atom is 0.317 e. The Morgan fingerprint density at radius 1 is 1.05 bits per heavy atom. The lowest BCUT2D eigenvalue weighted by Gasteiger charge is -2.33. The number of hydrogen-bond donors (Lipinski definition) is 0. The van der Waals surface area contributed by atoms with Crippen LogP contribution in [0.2, 0.25) is 0 Å². The molecular formula is C15H22O5.